The Labute approximate surface area is 149 Å². The highest BCUT2D eigenvalue weighted by molar-refractivity contribution is 7.99. The Morgan fingerprint density at radius 1 is 1.24 bits per heavy atom. The van der Waals surface area contributed by atoms with E-state index in [1.807, 2.05) is 41.0 Å². The van der Waals surface area contributed by atoms with E-state index < -0.39 is 0 Å². The number of nitriles is 1. The Hall–Kier alpha value is -3.11. The van der Waals surface area contributed by atoms with Gasteiger partial charge in [0.2, 0.25) is 0 Å². The Morgan fingerprint density at radius 2 is 2.04 bits per heavy atom. The first-order valence-corrected chi connectivity index (χ1v) is 8.30. The zero-order valence-electron chi connectivity index (χ0n) is 13.6. The third-order valence-electron chi connectivity index (χ3n) is 3.41. The summed E-state index contributed by atoms with van der Waals surface area (Å²) < 4.78 is 7.15. The number of methoxy groups -OCH3 is 1. The van der Waals surface area contributed by atoms with Crippen molar-refractivity contribution in [3.05, 3.63) is 60.8 Å². The molecule has 0 spiro atoms. The first kappa shape index (κ1) is 16.7. The first-order valence-electron chi connectivity index (χ1n) is 7.48. The van der Waals surface area contributed by atoms with Crippen molar-refractivity contribution in [3.8, 4) is 23.2 Å². The van der Waals surface area contributed by atoms with Crippen LogP contribution in [-0.4, -0.2) is 26.9 Å². The van der Waals surface area contributed by atoms with Crippen LogP contribution in [0.5, 0.6) is 5.75 Å². The second-order valence-corrected chi connectivity index (χ2v) is 6.00. The Bertz CT molecular complexity index is 927. The normalized spacial score (nSPS) is 10.2. The highest BCUT2D eigenvalue weighted by Gasteiger charge is 2.15. The molecule has 0 radical (unpaired) electrons. The van der Waals surface area contributed by atoms with Crippen molar-refractivity contribution in [3.63, 3.8) is 0 Å². The highest BCUT2D eigenvalue weighted by atomic mass is 32.2. The van der Waals surface area contributed by atoms with Crippen LogP contribution in [0.25, 0.3) is 11.4 Å². The van der Waals surface area contributed by atoms with Crippen molar-refractivity contribution in [1.29, 1.82) is 5.26 Å². The van der Waals surface area contributed by atoms with Crippen LogP contribution in [0.15, 0.2) is 65.3 Å². The van der Waals surface area contributed by atoms with Gasteiger partial charge in [-0.1, -0.05) is 12.1 Å². The molecule has 1 aromatic carbocycles. The number of nitrogens with zero attached hydrogens (tertiary/aromatic N) is 5. The van der Waals surface area contributed by atoms with Crippen molar-refractivity contribution in [1.82, 2.24) is 19.7 Å². The van der Waals surface area contributed by atoms with E-state index in [4.69, 9.17) is 10.00 Å². The summed E-state index contributed by atoms with van der Waals surface area (Å²) in [5.41, 5.74) is 1.30. The van der Waals surface area contributed by atoms with Crippen molar-refractivity contribution >= 4 is 11.8 Å². The number of ether oxygens (including phenoxy) is 1. The van der Waals surface area contributed by atoms with E-state index in [1.54, 1.807) is 25.3 Å². The summed E-state index contributed by atoms with van der Waals surface area (Å²) in [4.78, 5) is 4.27. The number of hydrogen-bond donors (Lipinski definition) is 0. The lowest BCUT2D eigenvalue weighted by Crippen LogP contribution is -2.00. The quantitative estimate of drug-likeness (QED) is 0.633. The summed E-state index contributed by atoms with van der Waals surface area (Å²) in [5.74, 6) is 1.52. The van der Waals surface area contributed by atoms with E-state index >= 15 is 0 Å². The molecule has 0 unspecified atom stereocenters. The maximum atomic E-state index is 8.98. The van der Waals surface area contributed by atoms with Gasteiger partial charge in [-0.05, 0) is 48.2 Å². The zero-order valence-corrected chi connectivity index (χ0v) is 14.4. The van der Waals surface area contributed by atoms with Gasteiger partial charge >= 0.3 is 0 Å². The van der Waals surface area contributed by atoms with Crippen LogP contribution in [0.4, 0.5) is 0 Å². The molecule has 25 heavy (non-hydrogen) atoms. The summed E-state index contributed by atoms with van der Waals surface area (Å²) in [6.45, 7) is 4.37. The average molecular weight is 349 g/mol. The summed E-state index contributed by atoms with van der Waals surface area (Å²) in [6, 6.07) is 15.0. The van der Waals surface area contributed by atoms with Crippen molar-refractivity contribution in [2.24, 2.45) is 0 Å². The predicted molar refractivity (Wildman–Crippen MR) is 95.3 cm³/mol. The van der Waals surface area contributed by atoms with Crippen LogP contribution in [0.2, 0.25) is 0 Å². The van der Waals surface area contributed by atoms with Gasteiger partial charge in [-0.15, -0.1) is 16.8 Å². The molecule has 0 bridgehead atoms. The number of rotatable bonds is 6. The van der Waals surface area contributed by atoms with Crippen LogP contribution in [0, 0.1) is 11.3 Å². The zero-order chi connectivity index (χ0) is 17.6. The summed E-state index contributed by atoms with van der Waals surface area (Å²) in [6.07, 6.45) is 1.79. The van der Waals surface area contributed by atoms with Gasteiger partial charge in [0.1, 0.15) is 22.5 Å². The Balaban J connectivity index is 1.96. The number of aromatic nitrogens is 4. The summed E-state index contributed by atoms with van der Waals surface area (Å²) in [5, 5.41) is 19.0. The molecule has 0 amide bonds. The SMILES string of the molecule is C=CCn1c(Sc2cccc(C#N)n2)nnc1-c1ccc(OC)cc1. The lowest BCUT2D eigenvalue weighted by molar-refractivity contribution is 0.415. The van der Waals surface area contributed by atoms with Crippen molar-refractivity contribution < 1.29 is 4.74 Å². The van der Waals surface area contributed by atoms with Gasteiger partial charge in [-0.25, -0.2) is 4.98 Å². The standard InChI is InChI=1S/C18H15N5OS/c1-3-11-23-17(13-7-9-15(24-2)10-8-13)21-22-18(23)25-16-6-4-5-14(12-19)20-16/h3-10H,1,11H2,2H3. The minimum Gasteiger partial charge on any atom is -0.497 e. The molecule has 2 aromatic heterocycles. The van der Waals surface area contributed by atoms with Gasteiger partial charge in [0.15, 0.2) is 11.0 Å². The van der Waals surface area contributed by atoms with Gasteiger partial charge in [0.05, 0.1) is 7.11 Å². The fourth-order valence-corrected chi connectivity index (χ4v) is 3.07. The minimum atomic E-state index is 0.371. The maximum absolute atomic E-state index is 8.98. The minimum absolute atomic E-state index is 0.371. The third kappa shape index (κ3) is 3.70. The molecule has 0 aliphatic carbocycles. The lowest BCUT2D eigenvalue weighted by Gasteiger charge is -2.08. The fraction of sp³-hybridized carbons (Fsp3) is 0.111. The molecule has 0 saturated carbocycles. The monoisotopic (exact) mass is 349 g/mol. The molecule has 0 aliphatic heterocycles. The van der Waals surface area contributed by atoms with Gasteiger partial charge in [-0.2, -0.15) is 5.26 Å². The molecule has 0 fully saturated rings. The predicted octanol–water partition coefficient (Wildman–Crippen LogP) is 3.56. The average Bonchev–Trinajstić information content (AvgIpc) is 3.05. The number of benzene rings is 1. The largest absolute Gasteiger partial charge is 0.497 e. The van der Waals surface area contributed by atoms with Crippen LogP contribution < -0.4 is 4.74 Å². The molecule has 6 nitrogen and oxygen atoms in total. The van der Waals surface area contributed by atoms with Crippen LogP contribution in [-0.2, 0) is 6.54 Å². The second kappa shape index (κ2) is 7.64. The first-order chi connectivity index (χ1) is 12.2. The molecule has 7 heteroatoms. The van der Waals surface area contributed by atoms with E-state index in [-0.39, 0.29) is 0 Å². The maximum Gasteiger partial charge on any atom is 0.198 e. The Kier molecular flexibility index (Phi) is 5.11. The van der Waals surface area contributed by atoms with Crippen LogP contribution in [0.3, 0.4) is 0 Å². The van der Waals surface area contributed by atoms with Gasteiger partial charge < -0.3 is 4.74 Å². The summed E-state index contributed by atoms with van der Waals surface area (Å²) in [7, 11) is 1.63. The molecule has 0 saturated heterocycles. The lowest BCUT2D eigenvalue weighted by atomic mass is 10.2. The van der Waals surface area contributed by atoms with Crippen LogP contribution in [0.1, 0.15) is 5.69 Å². The number of pyridine rings is 1. The molecule has 124 valence electrons. The number of allylic oxidation sites excluding steroid dienone is 1. The summed E-state index contributed by atoms with van der Waals surface area (Å²) >= 11 is 1.36. The molecular weight excluding hydrogens is 334 g/mol. The number of hydrogen-bond acceptors (Lipinski definition) is 6. The third-order valence-corrected chi connectivity index (χ3v) is 4.33. The molecule has 0 aliphatic rings. The van der Waals surface area contributed by atoms with Gasteiger partial charge in [0.25, 0.3) is 0 Å². The molecular formula is C18H15N5OS. The second-order valence-electron chi connectivity index (χ2n) is 5.01. The van der Waals surface area contributed by atoms with Gasteiger partial charge in [0, 0.05) is 12.1 Å². The van der Waals surface area contributed by atoms with E-state index in [1.165, 1.54) is 11.8 Å². The highest BCUT2D eigenvalue weighted by Crippen LogP contribution is 2.29. The van der Waals surface area contributed by atoms with Crippen molar-refractivity contribution in [2.75, 3.05) is 7.11 Å². The van der Waals surface area contributed by atoms with E-state index in [9.17, 15) is 0 Å². The molecule has 2 heterocycles. The Morgan fingerprint density at radius 3 is 2.72 bits per heavy atom. The topological polar surface area (TPSA) is 76.6 Å². The van der Waals surface area contributed by atoms with Crippen molar-refractivity contribution in [2.45, 2.75) is 16.7 Å². The molecule has 3 aromatic rings. The van der Waals surface area contributed by atoms with Gasteiger partial charge in [-0.3, -0.25) is 4.57 Å². The van der Waals surface area contributed by atoms with Crippen LogP contribution >= 0.6 is 11.8 Å². The van der Waals surface area contributed by atoms with E-state index in [0.29, 0.717) is 22.4 Å². The fourth-order valence-electron chi connectivity index (χ4n) is 2.24. The molecule has 0 atom stereocenters. The molecule has 0 N–H and O–H groups in total. The smallest absolute Gasteiger partial charge is 0.198 e. The van der Waals surface area contributed by atoms with E-state index in [0.717, 1.165) is 17.1 Å². The van der Waals surface area contributed by atoms with E-state index in [2.05, 4.69) is 21.8 Å². The molecule has 3 rings (SSSR count).